The van der Waals surface area contributed by atoms with E-state index in [1.807, 2.05) is 0 Å². The summed E-state index contributed by atoms with van der Waals surface area (Å²) in [6.07, 6.45) is 4.38. The SMILES string of the molecule is CN(C)S(=O)(=O)c1ccc(CNC(=O)CN(C2CCCCC2)S(=O)(=O)c2ccc(Br)cc2)cc1. The number of rotatable bonds is 9. The monoisotopic (exact) mass is 571 g/mol. The van der Waals surface area contributed by atoms with Crippen molar-refractivity contribution in [3.63, 3.8) is 0 Å². The van der Waals surface area contributed by atoms with Crippen LogP contribution in [0.25, 0.3) is 0 Å². The molecule has 0 spiro atoms. The van der Waals surface area contributed by atoms with Crippen molar-refractivity contribution in [3.8, 4) is 0 Å². The van der Waals surface area contributed by atoms with E-state index < -0.39 is 26.0 Å². The van der Waals surface area contributed by atoms with Crippen molar-refractivity contribution < 1.29 is 21.6 Å². The van der Waals surface area contributed by atoms with Crippen LogP contribution in [-0.4, -0.2) is 58.0 Å². The molecule has 34 heavy (non-hydrogen) atoms. The first-order chi connectivity index (χ1) is 16.0. The Labute approximate surface area is 210 Å². The van der Waals surface area contributed by atoms with Crippen molar-refractivity contribution in [2.24, 2.45) is 0 Å². The summed E-state index contributed by atoms with van der Waals surface area (Å²) in [6, 6.07) is 12.4. The second kappa shape index (κ2) is 11.3. The van der Waals surface area contributed by atoms with Gasteiger partial charge < -0.3 is 5.32 Å². The van der Waals surface area contributed by atoms with Crippen LogP contribution in [0, 0.1) is 0 Å². The van der Waals surface area contributed by atoms with Crippen molar-refractivity contribution in [1.82, 2.24) is 13.9 Å². The van der Waals surface area contributed by atoms with Crippen LogP contribution in [0.1, 0.15) is 37.7 Å². The lowest BCUT2D eigenvalue weighted by Crippen LogP contribution is -2.46. The Morgan fingerprint density at radius 1 is 0.882 bits per heavy atom. The maximum absolute atomic E-state index is 13.4. The fraction of sp³-hybridized carbons (Fsp3) is 0.435. The van der Waals surface area contributed by atoms with Crippen LogP contribution in [-0.2, 0) is 31.4 Å². The van der Waals surface area contributed by atoms with Gasteiger partial charge in [-0.1, -0.05) is 47.3 Å². The summed E-state index contributed by atoms with van der Waals surface area (Å²) in [7, 11) is -4.45. The third-order valence-electron chi connectivity index (χ3n) is 5.89. The first kappa shape index (κ1) is 26.8. The highest BCUT2D eigenvalue weighted by Crippen LogP contribution is 2.28. The van der Waals surface area contributed by atoms with Gasteiger partial charge in [-0.15, -0.1) is 0 Å². The molecule has 1 fully saturated rings. The Kier molecular flexibility index (Phi) is 8.91. The van der Waals surface area contributed by atoms with Crippen molar-refractivity contribution in [1.29, 1.82) is 0 Å². The Morgan fingerprint density at radius 3 is 1.97 bits per heavy atom. The van der Waals surface area contributed by atoms with Crippen LogP contribution in [0.15, 0.2) is 62.8 Å². The van der Waals surface area contributed by atoms with Gasteiger partial charge in [0.15, 0.2) is 0 Å². The van der Waals surface area contributed by atoms with Gasteiger partial charge in [0.05, 0.1) is 16.3 Å². The molecule has 1 aliphatic rings. The Morgan fingerprint density at radius 2 is 1.41 bits per heavy atom. The zero-order valence-corrected chi connectivity index (χ0v) is 22.5. The number of nitrogens with zero attached hydrogens (tertiary/aromatic N) is 2. The number of carbonyl (C=O) groups is 1. The Balaban J connectivity index is 1.71. The molecule has 1 saturated carbocycles. The van der Waals surface area contributed by atoms with Gasteiger partial charge in [-0.25, -0.2) is 21.1 Å². The van der Waals surface area contributed by atoms with Crippen LogP contribution < -0.4 is 5.32 Å². The number of sulfonamides is 2. The highest BCUT2D eigenvalue weighted by molar-refractivity contribution is 9.10. The van der Waals surface area contributed by atoms with Crippen molar-refractivity contribution in [3.05, 3.63) is 58.6 Å². The van der Waals surface area contributed by atoms with Gasteiger partial charge in [-0.2, -0.15) is 4.31 Å². The van der Waals surface area contributed by atoms with Crippen LogP contribution in [0.4, 0.5) is 0 Å². The van der Waals surface area contributed by atoms with Gasteiger partial charge in [0.25, 0.3) is 0 Å². The number of amides is 1. The van der Waals surface area contributed by atoms with Gasteiger partial charge >= 0.3 is 0 Å². The molecule has 0 bridgehead atoms. The molecule has 0 saturated heterocycles. The number of halogens is 1. The van der Waals surface area contributed by atoms with E-state index in [9.17, 15) is 21.6 Å². The maximum atomic E-state index is 13.4. The number of benzene rings is 2. The maximum Gasteiger partial charge on any atom is 0.243 e. The molecule has 186 valence electrons. The molecule has 0 unspecified atom stereocenters. The molecule has 0 aromatic heterocycles. The van der Waals surface area contributed by atoms with Crippen molar-refractivity contribution in [2.75, 3.05) is 20.6 Å². The molecule has 0 heterocycles. The highest BCUT2D eigenvalue weighted by Gasteiger charge is 2.34. The number of hydrogen-bond donors (Lipinski definition) is 1. The zero-order valence-electron chi connectivity index (χ0n) is 19.3. The molecule has 8 nitrogen and oxygen atoms in total. The second-order valence-electron chi connectivity index (χ2n) is 8.50. The Bertz CT molecular complexity index is 1190. The molecule has 1 N–H and O–H groups in total. The third-order valence-corrected chi connectivity index (χ3v) is 10.2. The van der Waals surface area contributed by atoms with E-state index >= 15 is 0 Å². The van der Waals surface area contributed by atoms with Crippen LogP contribution in [0.3, 0.4) is 0 Å². The van der Waals surface area contributed by atoms with Gasteiger partial charge in [0.1, 0.15) is 0 Å². The van der Waals surface area contributed by atoms with E-state index in [1.165, 1.54) is 42.7 Å². The lowest BCUT2D eigenvalue weighted by molar-refractivity contribution is -0.121. The summed E-state index contributed by atoms with van der Waals surface area (Å²) in [5.41, 5.74) is 0.714. The largest absolute Gasteiger partial charge is 0.351 e. The van der Waals surface area contributed by atoms with E-state index in [0.717, 1.165) is 40.9 Å². The first-order valence-corrected chi connectivity index (χ1v) is 14.7. The minimum atomic E-state index is -3.85. The molecule has 3 rings (SSSR count). The lowest BCUT2D eigenvalue weighted by Gasteiger charge is -2.33. The summed E-state index contributed by atoms with van der Waals surface area (Å²) >= 11 is 3.32. The lowest BCUT2D eigenvalue weighted by atomic mass is 9.95. The van der Waals surface area contributed by atoms with E-state index in [-0.39, 0.29) is 28.9 Å². The van der Waals surface area contributed by atoms with Crippen LogP contribution in [0.2, 0.25) is 0 Å². The summed E-state index contributed by atoms with van der Waals surface area (Å²) < 4.78 is 54.5. The minimum Gasteiger partial charge on any atom is -0.351 e. The van der Waals surface area contributed by atoms with Crippen LogP contribution in [0.5, 0.6) is 0 Å². The van der Waals surface area contributed by atoms with Gasteiger partial charge in [0, 0.05) is 31.2 Å². The van der Waals surface area contributed by atoms with E-state index in [4.69, 9.17) is 0 Å². The molecule has 0 aliphatic heterocycles. The van der Waals surface area contributed by atoms with Crippen molar-refractivity contribution in [2.45, 2.75) is 54.5 Å². The number of nitrogens with one attached hydrogen (secondary N) is 1. The first-order valence-electron chi connectivity index (χ1n) is 11.1. The fourth-order valence-corrected chi connectivity index (χ4v) is 6.72. The summed E-state index contributed by atoms with van der Waals surface area (Å²) in [4.78, 5) is 13.1. The molecule has 1 amide bonds. The highest BCUT2D eigenvalue weighted by atomic mass is 79.9. The van der Waals surface area contributed by atoms with E-state index in [0.29, 0.717) is 5.56 Å². The Hall–Kier alpha value is -1.79. The average molecular weight is 573 g/mol. The standard InChI is InChI=1S/C23H30BrN3O5S2/c1-26(2)33(29,30)21-12-8-18(9-13-21)16-25-23(28)17-27(20-6-4-3-5-7-20)34(31,32)22-14-10-19(24)11-15-22/h8-15,20H,3-7,16-17H2,1-2H3,(H,25,28). The summed E-state index contributed by atoms with van der Waals surface area (Å²) in [5.74, 6) is -0.406. The fourth-order valence-electron chi connectivity index (χ4n) is 3.91. The zero-order chi connectivity index (χ0) is 24.9. The number of carbonyl (C=O) groups excluding carboxylic acids is 1. The van der Waals surface area contributed by atoms with Crippen LogP contribution >= 0.6 is 15.9 Å². The summed E-state index contributed by atoms with van der Waals surface area (Å²) in [5, 5.41) is 2.77. The average Bonchev–Trinajstić information content (AvgIpc) is 2.82. The quantitative estimate of drug-likeness (QED) is 0.497. The molecule has 11 heteroatoms. The summed E-state index contributed by atoms with van der Waals surface area (Å²) in [6.45, 7) is -0.103. The minimum absolute atomic E-state index is 0.159. The van der Waals surface area contributed by atoms with Gasteiger partial charge in [-0.05, 0) is 54.8 Å². The molecular formula is C23H30BrN3O5S2. The molecule has 2 aromatic carbocycles. The number of hydrogen-bond acceptors (Lipinski definition) is 5. The van der Waals surface area contributed by atoms with E-state index in [2.05, 4.69) is 21.2 Å². The predicted octanol–water partition coefficient (Wildman–Crippen LogP) is 3.34. The third kappa shape index (κ3) is 6.45. The molecular weight excluding hydrogens is 542 g/mol. The molecule has 2 aromatic rings. The second-order valence-corrected chi connectivity index (χ2v) is 13.5. The van der Waals surface area contributed by atoms with Gasteiger partial charge in [-0.3, -0.25) is 4.79 Å². The predicted molar refractivity (Wildman–Crippen MR) is 134 cm³/mol. The topological polar surface area (TPSA) is 104 Å². The molecule has 1 aliphatic carbocycles. The van der Waals surface area contributed by atoms with Gasteiger partial charge in [0.2, 0.25) is 26.0 Å². The molecule has 0 radical (unpaired) electrons. The van der Waals surface area contributed by atoms with E-state index in [1.54, 1.807) is 24.3 Å². The normalized spacial score (nSPS) is 15.6. The van der Waals surface area contributed by atoms with Crippen molar-refractivity contribution >= 4 is 41.9 Å². The smallest absolute Gasteiger partial charge is 0.243 e. The molecule has 0 atom stereocenters.